The van der Waals surface area contributed by atoms with Gasteiger partial charge in [0.05, 0.1) is 11.3 Å². The number of nitrogen functional groups attached to an aromatic ring is 1. The minimum absolute atomic E-state index is 0.0714. The maximum absolute atomic E-state index is 13.3. The van der Waals surface area contributed by atoms with Crippen LogP contribution in [-0.4, -0.2) is 5.91 Å². The molecule has 0 aliphatic heterocycles. The molecule has 118 valence electrons. The van der Waals surface area contributed by atoms with Crippen LogP contribution in [0, 0.1) is 0 Å². The highest BCUT2D eigenvalue weighted by atomic mass is 32.1. The lowest BCUT2D eigenvalue weighted by molar-refractivity contribution is -0.377. The zero-order valence-electron chi connectivity index (χ0n) is 11.6. The number of alkyl halides is 3. The number of carbonyl (C=O) groups excluding carboxylic acids is 1. The number of aromatic amines is 1. The number of pyridine rings is 1. The number of hydrogen-bond donors (Lipinski definition) is 2. The Bertz CT molecular complexity index is 904. The van der Waals surface area contributed by atoms with Gasteiger partial charge in [-0.2, -0.15) is 13.2 Å². The summed E-state index contributed by atoms with van der Waals surface area (Å²) in [6, 6.07) is 5.82. The monoisotopic (exact) mass is 338 g/mol. The maximum atomic E-state index is 13.3. The summed E-state index contributed by atoms with van der Waals surface area (Å²) in [6.45, 7) is 0. The normalized spacial score (nSPS) is 11.8. The number of halogens is 3. The predicted molar refractivity (Wildman–Crippen MR) is 81.7 cm³/mol. The van der Waals surface area contributed by atoms with Crippen molar-refractivity contribution >= 4 is 33.0 Å². The van der Waals surface area contributed by atoms with Crippen LogP contribution in [-0.2, 0) is 6.18 Å². The van der Waals surface area contributed by atoms with Crippen LogP contribution in [0.5, 0.6) is 0 Å². The van der Waals surface area contributed by atoms with Gasteiger partial charge in [0.2, 0.25) is 0 Å². The predicted octanol–water partition coefficient (Wildman–Crippen LogP) is 3.08. The quantitative estimate of drug-likeness (QED) is 0.753. The summed E-state index contributed by atoms with van der Waals surface area (Å²) in [4.78, 5) is 14.3. The molecule has 0 saturated heterocycles. The minimum atomic E-state index is -4.58. The Kier molecular flexibility index (Phi) is 3.48. The van der Waals surface area contributed by atoms with Gasteiger partial charge in [0, 0.05) is 27.3 Å². The fourth-order valence-electron chi connectivity index (χ4n) is 2.43. The zero-order valence-corrected chi connectivity index (χ0v) is 12.4. The van der Waals surface area contributed by atoms with Crippen molar-refractivity contribution < 1.29 is 22.9 Å². The number of anilines is 1. The van der Waals surface area contributed by atoms with Crippen LogP contribution >= 0.6 is 11.3 Å². The number of H-pyrrole nitrogens is 1. The van der Waals surface area contributed by atoms with Crippen LogP contribution in [0.4, 0.5) is 18.9 Å². The zero-order chi connectivity index (χ0) is 16.8. The number of thiophene rings is 1. The van der Waals surface area contributed by atoms with E-state index in [2.05, 4.69) is 4.98 Å². The Morgan fingerprint density at radius 1 is 1.22 bits per heavy atom. The first-order valence-electron chi connectivity index (χ1n) is 6.49. The molecule has 1 amide bonds. The molecule has 1 aromatic carbocycles. The molecule has 0 fully saturated rings. The first kappa shape index (κ1) is 15.3. The van der Waals surface area contributed by atoms with Crippen molar-refractivity contribution in [3.05, 3.63) is 47.1 Å². The van der Waals surface area contributed by atoms with Gasteiger partial charge in [0.1, 0.15) is 4.88 Å². The number of nitrogens with one attached hydrogen (secondary N) is 1. The molecule has 23 heavy (non-hydrogen) atoms. The molecule has 0 saturated carbocycles. The number of amides is 1. The van der Waals surface area contributed by atoms with Crippen molar-refractivity contribution in [2.75, 3.05) is 5.73 Å². The van der Waals surface area contributed by atoms with Crippen molar-refractivity contribution in [3.63, 3.8) is 0 Å². The van der Waals surface area contributed by atoms with Crippen LogP contribution in [0.2, 0.25) is 0 Å². The van der Waals surface area contributed by atoms with Gasteiger partial charge in [0.15, 0.2) is 12.4 Å². The Balaban J connectivity index is 2.42. The van der Waals surface area contributed by atoms with Crippen molar-refractivity contribution in [2.24, 2.45) is 5.73 Å². The summed E-state index contributed by atoms with van der Waals surface area (Å²) in [5.74, 6) is -0.845. The van der Waals surface area contributed by atoms with Crippen LogP contribution in [0.25, 0.3) is 21.2 Å². The molecule has 0 radical (unpaired) electrons. The first-order chi connectivity index (χ1) is 10.8. The van der Waals surface area contributed by atoms with Crippen LogP contribution in [0.15, 0.2) is 36.7 Å². The van der Waals surface area contributed by atoms with Crippen molar-refractivity contribution in [2.45, 2.75) is 6.18 Å². The average molecular weight is 338 g/mol. The van der Waals surface area contributed by atoms with E-state index in [9.17, 15) is 18.0 Å². The van der Waals surface area contributed by atoms with E-state index in [1.807, 2.05) is 0 Å². The van der Waals surface area contributed by atoms with Crippen LogP contribution < -0.4 is 16.5 Å². The van der Waals surface area contributed by atoms with Crippen molar-refractivity contribution in [1.29, 1.82) is 0 Å². The van der Waals surface area contributed by atoms with Gasteiger partial charge < -0.3 is 11.5 Å². The summed E-state index contributed by atoms with van der Waals surface area (Å²) in [7, 11) is 0. The molecule has 3 rings (SSSR count). The van der Waals surface area contributed by atoms with E-state index in [1.165, 1.54) is 6.07 Å². The highest BCUT2D eigenvalue weighted by Gasteiger charge is 2.35. The standard InChI is InChI=1S/C15H10F3N3OS/c16-15(17,18)9-4-3-8(7-2-1-5-21-6-7)12-10(9)11(19)13(23-12)14(20)22/h1-6H,19H2,(H2,20,22)/p+1. The van der Waals surface area contributed by atoms with E-state index in [4.69, 9.17) is 11.5 Å². The first-order valence-corrected chi connectivity index (χ1v) is 7.31. The highest BCUT2D eigenvalue weighted by Crippen LogP contribution is 2.46. The Morgan fingerprint density at radius 3 is 2.52 bits per heavy atom. The number of rotatable bonds is 2. The highest BCUT2D eigenvalue weighted by molar-refractivity contribution is 7.22. The molecule has 2 heterocycles. The van der Waals surface area contributed by atoms with Gasteiger partial charge in [-0.15, -0.1) is 11.3 Å². The lowest BCUT2D eigenvalue weighted by Gasteiger charge is -2.11. The second kappa shape index (κ2) is 5.24. The second-order valence-electron chi connectivity index (χ2n) is 4.86. The van der Waals surface area contributed by atoms with Gasteiger partial charge in [-0.3, -0.25) is 4.79 Å². The van der Waals surface area contributed by atoms with Gasteiger partial charge in [0.25, 0.3) is 5.91 Å². The molecule has 0 bridgehead atoms. The molecule has 0 aliphatic carbocycles. The summed E-state index contributed by atoms with van der Waals surface area (Å²) >= 11 is 0.870. The van der Waals surface area contributed by atoms with Crippen LogP contribution in [0.3, 0.4) is 0 Å². The smallest absolute Gasteiger partial charge is 0.397 e. The summed E-state index contributed by atoms with van der Waals surface area (Å²) in [5.41, 5.74) is 11.1. The van der Waals surface area contributed by atoms with Gasteiger partial charge in [-0.25, -0.2) is 4.98 Å². The van der Waals surface area contributed by atoms with E-state index >= 15 is 0 Å². The fraction of sp³-hybridized carbons (Fsp3) is 0.0667. The SMILES string of the molecule is NC(=O)c1sc2c(-c3ccc[nH+]c3)ccc(C(F)(F)F)c2c1N. The molecule has 4 nitrogen and oxygen atoms in total. The van der Waals surface area contributed by atoms with Crippen LogP contribution in [0.1, 0.15) is 15.2 Å². The Hall–Kier alpha value is -2.61. The average Bonchev–Trinajstić information content (AvgIpc) is 2.84. The molecular formula is C15H11F3N3OS+. The van der Waals surface area contributed by atoms with E-state index in [-0.39, 0.29) is 20.7 Å². The van der Waals surface area contributed by atoms with Crippen molar-refractivity contribution in [3.8, 4) is 11.1 Å². The number of carbonyl (C=O) groups is 1. The molecule has 0 spiro atoms. The molecule has 0 aliphatic rings. The molecule has 8 heteroatoms. The van der Waals surface area contributed by atoms with E-state index in [0.29, 0.717) is 11.1 Å². The van der Waals surface area contributed by atoms with E-state index in [0.717, 1.165) is 17.4 Å². The topological polar surface area (TPSA) is 83.2 Å². The second-order valence-corrected chi connectivity index (χ2v) is 5.88. The third kappa shape index (κ3) is 2.50. The molecule has 5 N–H and O–H groups in total. The van der Waals surface area contributed by atoms with E-state index < -0.39 is 17.6 Å². The number of aromatic nitrogens is 1. The number of primary amides is 1. The number of benzene rings is 1. The number of nitrogens with two attached hydrogens (primary N) is 2. The summed E-state index contributed by atoms with van der Waals surface area (Å²) in [5, 5.41) is -0.183. The Morgan fingerprint density at radius 2 is 1.96 bits per heavy atom. The third-order valence-electron chi connectivity index (χ3n) is 3.42. The fourth-order valence-corrected chi connectivity index (χ4v) is 3.57. The number of fused-ring (bicyclic) bond motifs is 1. The van der Waals surface area contributed by atoms with Gasteiger partial charge in [-0.05, 0) is 12.1 Å². The Labute approximate surface area is 132 Å². The molecule has 3 aromatic rings. The van der Waals surface area contributed by atoms with E-state index in [1.54, 1.807) is 24.5 Å². The third-order valence-corrected chi connectivity index (χ3v) is 4.68. The van der Waals surface area contributed by atoms with Gasteiger partial charge >= 0.3 is 6.18 Å². The number of hydrogen-bond acceptors (Lipinski definition) is 3. The maximum Gasteiger partial charge on any atom is 0.417 e. The molecule has 0 unspecified atom stereocenters. The lowest BCUT2D eigenvalue weighted by Crippen LogP contribution is -2.11. The molecule has 2 aromatic heterocycles. The molecule has 0 atom stereocenters. The summed E-state index contributed by atoms with van der Waals surface area (Å²) in [6.07, 6.45) is -1.24. The summed E-state index contributed by atoms with van der Waals surface area (Å²) < 4.78 is 40.1. The van der Waals surface area contributed by atoms with Crippen molar-refractivity contribution in [1.82, 2.24) is 0 Å². The lowest BCUT2D eigenvalue weighted by atomic mass is 10.0. The minimum Gasteiger partial charge on any atom is -0.397 e. The van der Waals surface area contributed by atoms with Gasteiger partial charge in [-0.1, -0.05) is 6.07 Å². The molecular weight excluding hydrogens is 327 g/mol. The largest absolute Gasteiger partial charge is 0.417 e.